The average Bonchev–Trinajstić information content (AvgIpc) is 2.98. The van der Waals surface area contributed by atoms with Gasteiger partial charge in [-0.2, -0.15) is 4.31 Å². The Balaban J connectivity index is 1.74. The van der Waals surface area contributed by atoms with E-state index in [2.05, 4.69) is 23.2 Å². The first-order chi connectivity index (χ1) is 13.4. The van der Waals surface area contributed by atoms with Crippen LogP contribution in [-0.2, 0) is 21.2 Å². The predicted octanol–water partition coefficient (Wildman–Crippen LogP) is 3.11. The van der Waals surface area contributed by atoms with Crippen molar-refractivity contribution in [2.24, 2.45) is 0 Å². The largest absolute Gasteiger partial charge is 0.359 e. The van der Waals surface area contributed by atoms with Crippen LogP contribution in [0.3, 0.4) is 0 Å². The minimum absolute atomic E-state index is 0.166. The Hall–Kier alpha value is -2.38. The van der Waals surface area contributed by atoms with E-state index < -0.39 is 10.0 Å². The van der Waals surface area contributed by atoms with Crippen molar-refractivity contribution in [3.05, 3.63) is 54.1 Å². The van der Waals surface area contributed by atoms with E-state index >= 15 is 0 Å². The first-order valence-electron chi connectivity index (χ1n) is 9.61. The molecule has 2 aromatic carbocycles. The van der Waals surface area contributed by atoms with Gasteiger partial charge in [0.1, 0.15) is 0 Å². The number of hydrogen-bond donors (Lipinski definition) is 1. The number of fused-ring (bicyclic) bond motifs is 1. The van der Waals surface area contributed by atoms with Crippen LogP contribution >= 0.6 is 0 Å². The number of benzene rings is 2. The Labute approximate surface area is 167 Å². The Bertz CT molecular complexity index is 955. The summed E-state index contributed by atoms with van der Waals surface area (Å²) >= 11 is 0. The topological polar surface area (TPSA) is 69.7 Å². The zero-order valence-electron chi connectivity index (χ0n) is 16.6. The lowest BCUT2D eigenvalue weighted by Gasteiger charge is -2.24. The van der Waals surface area contributed by atoms with Gasteiger partial charge in [0.15, 0.2) is 0 Å². The van der Waals surface area contributed by atoms with Crippen molar-refractivity contribution in [2.45, 2.75) is 38.1 Å². The molecule has 0 spiro atoms. The number of carbonyl (C=O) groups is 1. The highest BCUT2D eigenvalue weighted by atomic mass is 32.2. The van der Waals surface area contributed by atoms with Crippen molar-refractivity contribution in [1.82, 2.24) is 4.31 Å². The first kappa shape index (κ1) is 20.4. The Morgan fingerprint density at radius 3 is 2.57 bits per heavy atom. The summed E-state index contributed by atoms with van der Waals surface area (Å²) in [5, 5.41) is 2.84. The molecule has 1 unspecified atom stereocenters. The van der Waals surface area contributed by atoms with Gasteiger partial charge in [0.2, 0.25) is 15.9 Å². The van der Waals surface area contributed by atoms with Gasteiger partial charge in [0.25, 0.3) is 0 Å². The van der Waals surface area contributed by atoms with Crippen molar-refractivity contribution in [3.8, 4) is 0 Å². The van der Waals surface area contributed by atoms with Gasteiger partial charge in [-0.3, -0.25) is 4.79 Å². The molecular formula is C21H27N3O3S. The molecule has 0 radical (unpaired) electrons. The lowest BCUT2D eigenvalue weighted by atomic mass is 10.1. The Morgan fingerprint density at radius 2 is 1.86 bits per heavy atom. The van der Waals surface area contributed by atoms with E-state index in [0.29, 0.717) is 18.8 Å². The Kier molecular flexibility index (Phi) is 6.05. The van der Waals surface area contributed by atoms with Crippen LogP contribution in [0.4, 0.5) is 11.4 Å². The maximum absolute atomic E-state index is 12.7. The first-order valence-corrected chi connectivity index (χ1v) is 11.1. The molecule has 0 saturated heterocycles. The summed E-state index contributed by atoms with van der Waals surface area (Å²) in [4.78, 5) is 14.9. The molecule has 1 amide bonds. The molecule has 3 rings (SSSR count). The molecule has 1 N–H and O–H groups in total. The SMILES string of the molecule is CCN(CC)S(=O)(=O)c1cccc(NC(=O)CN2c3ccccc3CC2C)c1. The molecule has 0 fully saturated rings. The Morgan fingerprint density at radius 1 is 1.14 bits per heavy atom. The molecule has 1 aliphatic heterocycles. The lowest BCUT2D eigenvalue weighted by molar-refractivity contribution is -0.115. The molecule has 0 bridgehead atoms. The second-order valence-corrected chi connectivity index (χ2v) is 8.91. The van der Waals surface area contributed by atoms with E-state index in [4.69, 9.17) is 0 Å². The minimum Gasteiger partial charge on any atom is -0.359 e. The number of amides is 1. The second kappa shape index (κ2) is 8.32. The number of nitrogens with zero attached hydrogens (tertiary/aromatic N) is 2. The van der Waals surface area contributed by atoms with Crippen LogP contribution in [0.1, 0.15) is 26.3 Å². The fourth-order valence-electron chi connectivity index (χ4n) is 3.67. The molecule has 1 aliphatic rings. The monoisotopic (exact) mass is 401 g/mol. The third-order valence-electron chi connectivity index (χ3n) is 5.12. The highest BCUT2D eigenvalue weighted by Crippen LogP contribution is 2.31. The number of rotatable bonds is 7. The van der Waals surface area contributed by atoms with Crippen molar-refractivity contribution >= 4 is 27.3 Å². The van der Waals surface area contributed by atoms with Crippen LogP contribution in [0.15, 0.2) is 53.4 Å². The average molecular weight is 402 g/mol. The van der Waals surface area contributed by atoms with Gasteiger partial charge in [0.05, 0.1) is 11.4 Å². The highest BCUT2D eigenvalue weighted by Gasteiger charge is 2.27. The molecule has 7 heteroatoms. The summed E-state index contributed by atoms with van der Waals surface area (Å²) in [6, 6.07) is 14.8. The number of para-hydroxylation sites is 1. The predicted molar refractivity (Wildman–Crippen MR) is 112 cm³/mol. The molecule has 6 nitrogen and oxygen atoms in total. The smallest absolute Gasteiger partial charge is 0.243 e. The zero-order valence-corrected chi connectivity index (χ0v) is 17.4. The summed E-state index contributed by atoms with van der Waals surface area (Å²) in [5.41, 5.74) is 2.82. The van der Waals surface area contributed by atoms with Crippen LogP contribution in [0.5, 0.6) is 0 Å². The minimum atomic E-state index is -3.56. The molecule has 1 heterocycles. The van der Waals surface area contributed by atoms with Crippen molar-refractivity contribution < 1.29 is 13.2 Å². The van der Waals surface area contributed by atoms with Crippen LogP contribution in [-0.4, -0.2) is 44.3 Å². The van der Waals surface area contributed by atoms with Gasteiger partial charge >= 0.3 is 0 Å². The van der Waals surface area contributed by atoms with Crippen LogP contribution < -0.4 is 10.2 Å². The summed E-state index contributed by atoms with van der Waals surface area (Å²) in [5.74, 6) is -0.166. The molecular weight excluding hydrogens is 374 g/mol. The van der Waals surface area contributed by atoms with Gasteiger partial charge in [-0.05, 0) is 43.2 Å². The van der Waals surface area contributed by atoms with Gasteiger partial charge < -0.3 is 10.2 Å². The van der Waals surface area contributed by atoms with E-state index in [-0.39, 0.29) is 23.4 Å². The van der Waals surface area contributed by atoms with E-state index in [0.717, 1.165) is 12.1 Å². The normalized spacial score (nSPS) is 16.3. The lowest BCUT2D eigenvalue weighted by Crippen LogP contribution is -2.37. The van der Waals surface area contributed by atoms with Crippen molar-refractivity contribution in [3.63, 3.8) is 0 Å². The highest BCUT2D eigenvalue weighted by molar-refractivity contribution is 7.89. The standard InChI is InChI=1S/C21H27N3O3S/c1-4-23(5-2)28(26,27)19-11-8-10-18(14-19)22-21(25)15-24-16(3)13-17-9-6-7-12-20(17)24/h6-12,14,16H,4-5,13,15H2,1-3H3,(H,22,25). The van der Waals surface area contributed by atoms with Crippen molar-refractivity contribution in [2.75, 3.05) is 29.9 Å². The summed E-state index contributed by atoms with van der Waals surface area (Å²) in [6.07, 6.45) is 0.918. The fraction of sp³-hybridized carbons (Fsp3) is 0.381. The van der Waals surface area contributed by atoms with Gasteiger partial charge in [-0.1, -0.05) is 38.1 Å². The third-order valence-corrected chi connectivity index (χ3v) is 7.17. The number of nitrogens with one attached hydrogen (secondary N) is 1. The maximum Gasteiger partial charge on any atom is 0.243 e. The van der Waals surface area contributed by atoms with Crippen molar-refractivity contribution in [1.29, 1.82) is 0 Å². The van der Waals surface area contributed by atoms with E-state index in [1.807, 2.05) is 32.0 Å². The molecule has 28 heavy (non-hydrogen) atoms. The van der Waals surface area contributed by atoms with Gasteiger partial charge in [0, 0.05) is 30.5 Å². The quantitative estimate of drug-likeness (QED) is 0.774. The van der Waals surface area contributed by atoms with Crippen LogP contribution in [0.2, 0.25) is 0 Å². The van der Waals surface area contributed by atoms with E-state index in [9.17, 15) is 13.2 Å². The summed E-state index contributed by atoms with van der Waals surface area (Å²) in [7, 11) is -3.56. The van der Waals surface area contributed by atoms with Crippen LogP contribution in [0, 0.1) is 0 Å². The molecule has 0 aromatic heterocycles. The second-order valence-electron chi connectivity index (χ2n) is 6.98. The summed E-state index contributed by atoms with van der Waals surface area (Å²) in [6.45, 7) is 6.75. The molecule has 0 aliphatic carbocycles. The molecule has 1 atom stereocenters. The fourth-order valence-corrected chi connectivity index (χ4v) is 5.18. The molecule has 2 aromatic rings. The zero-order chi connectivity index (χ0) is 20.3. The van der Waals surface area contributed by atoms with E-state index in [1.54, 1.807) is 18.2 Å². The third kappa shape index (κ3) is 4.05. The number of anilines is 2. The number of sulfonamides is 1. The molecule has 150 valence electrons. The van der Waals surface area contributed by atoms with Crippen LogP contribution in [0.25, 0.3) is 0 Å². The summed E-state index contributed by atoms with van der Waals surface area (Å²) < 4.78 is 26.8. The van der Waals surface area contributed by atoms with Gasteiger partial charge in [-0.15, -0.1) is 0 Å². The maximum atomic E-state index is 12.7. The number of hydrogen-bond acceptors (Lipinski definition) is 4. The van der Waals surface area contributed by atoms with E-state index in [1.165, 1.54) is 15.9 Å². The van der Waals surface area contributed by atoms with Gasteiger partial charge in [-0.25, -0.2) is 8.42 Å². The molecule has 0 saturated carbocycles. The number of carbonyl (C=O) groups excluding carboxylic acids is 1.